The van der Waals surface area contributed by atoms with Crippen LogP contribution in [0, 0.1) is 0 Å². The summed E-state index contributed by atoms with van der Waals surface area (Å²) in [4.78, 5) is 0. The van der Waals surface area contributed by atoms with Crippen LogP contribution in [-0.2, 0) is 0 Å². The zero-order valence-corrected chi connectivity index (χ0v) is 10.7. The molecule has 0 radical (unpaired) electrons. The van der Waals surface area contributed by atoms with Gasteiger partial charge in [-0.05, 0) is 6.42 Å². The molecule has 0 spiro atoms. The van der Waals surface area contributed by atoms with Crippen molar-refractivity contribution in [1.29, 1.82) is 0 Å². The maximum absolute atomic E-state index is 5.18. The van der Waals surface area contributed by atoms with Crippen molar-refractivity contribution >= 4 is 5.96 Å². The van der Waals surface area contributed by atoms with E-state index in [1.165, 1.54) is 51.4 Å². The van der Waals surface area contributed by atoms with Gasteiger partial charge in [0.05, 0.1) is 0 Å². The predicted molar refractivity (Wildman–Crippen MR) is 71.0 cm³/mol. The molecule has 0 heterocycles. The lowest BCUT2D eigenvalue weighted by Gasteiger charge is -2.02. The molecule has 96 valence electrons. The molecule has 0 rings (SSSR count). The molecule has 0 aliphatic carbocycles. The van der Waals surface area contributed by atoms with Gasteiger partial charge in [-0.15, -0.1) is 5.10 Å². The van der Waals surface area contributed by atoms with Crippen LogP contribution in [0.3, 0.4) is 0 Å². The van der Waals surface area contributed by atoms with Gasteiger partial charge in [-0.25, -0.2) is 0 Å². The van der Waals surface area contributed by atoms with Gasteiger partial charge in [0.2, 0.25) is 5.96 Å². The third kappa shape index (κ3) is 13.1. The van der Waals surface area contributed by atoms with Gasteiger partial charge in [0.25, 0.3) is 0 Å². The highest BCUT2D eigenvalue weighted by Gasteiger charge is 1.91. The largest absolute Gasteiger partial charge is 0.369 e. The molecule has 0 aromatic rings. The number of hydrogen-bond donors (Lipinski definition) is 3. The lowest BCUT2D eigenvalue weighted by Crippen LogP contribution is -2.26. The van der Waals surface area contributed by atoms with Gasteiger partial charge in [-0.2, -0.15) is 0 Å². The summed E-state index contributed by atoms with van der Waals surface area (Å²) in [5.74, 6) is 0.107. The third-order valence-corrected chi connectivity index (χ3v) is 2.60. The fraction of sp³-hybridized carbons (Fsp3) is 0.917. The van der Waals surface area contributed by atoms with Crippen molar-refractivity contribution in [1.82, 2.24) is 5.43 Å². The average molecular weight is 228 g/mol. The number of nitrogens with two attached hydrogens (primary N) is 2. The SMILES string of the molecule is CCCCCCCCCCCNN=C(N)N. The Morgan fingerprint density at radius 2 is 1.38 bits per heavy atom. The maximum Gasteiger partial charge on any atom is 0.208 e. The summed E-state index contributed by atoms with van der Waals surface area (Å²) < 4.78 is 0. The summed E-state index contributed by atoms with van der Waals surface area (Å²) in [6.45, 7) is 3.12. The highest BCUT2D eigenvalue weighted by Crippen LogP contribution is 2.08. The molecule has 0 aromatic carbocycles. The van der Waals surface area contributed by atoms with E-state index < -0.39 is 0 Å². The molecule has 0 atom stereocenters. The van der Waals surface area contributed by atoms with Crippen LogP contribution in [0.4, 0.5) is 0 Å². The van der Waals surface area contributed by atoms with E-state index in [1.807, 2.05) is 0 Å². The van der Waals surface area contributed by atoms with E-state index in [9.17, 15) is 0 Å². The molecule has 0 saturated carbocycles. The highest BCUT2D eigenvalue weighted by molar-refractivity contribution is 5.75. The molecule has 0 fully saturated rings. The molecular formula is C12H28N4. The number of unbranched alkanes of at least 4 members (excludes halogenated alkanes) is 8. The first kappa shape index (κ1) is 15.1. The van der Waals surface area contributed by atoms with Crippen molar-refractivity contribution in [2.24, 2.45) is 16.6 Å². The lowest BCUT2D eigenvalue weighted by atomic mass is 10.1. The first-order valence-corrected chi connectivity index (χ1v) is 6.59. The Kier molecular flexibility index (Phi) is 11.4. The quantitative estimate of drug-likeness (QED) is 0.220. The van der Waals surface area contributed by atoms with Gasteiger partial charge in [0.15, 0.2) is 0 Å². The van der Waals surface area contributed by atoms with Crippen LogP contribution in [0.2, 0.25) is 0 Å². The molecule has 0 aromatic heterocycles. The molecule has 0 aliphatic rings. The minimum Gasteiger partial charge on any atom is -0.369 e. The van der Waals surface area contributed by atoms with Crippen LogP contribution in [0.1, 0.15) is 64.7 Å². The molecule has 4 heteroatoms. The summed E-state index contributed by atoms with van der Waals surface area (Å²) in [5.41, 5.74) is 13.2. The number of nitrogens with one attached hydrogen (secondary N) is 1. The minimum absolute atomic E-state index is 0.107. The second-order valence-corrected chi connectivity index (χ2v) is 4.27. The van der Waals surface area contributed by atoms with Gasteiger partial charge in [-0.3, -0.25) is 0 Å². The van der Waals surface area contributed by atoms with E-state index >= 15 is 0 Å². The Labute approximate surface area is 99.8 Å². The molecule has 0 saturated heterocycles. The van der Waals surface area contributed by atoms with E-state index in [0.29, 0.717) is 0 Å². The van der Waals surface area contributed by atoms with Crippen molar-refractivity contribution < 1.29 is 0 Å². The van der Waals surface area contributed by atoms with E-state index in [2.05, 4.69) is 17.5 Å². The summed E-state index contributed by atoms with van der Waals surface area (Å²) in [6, 6.07) is 0. The minimum atomic E-state index is 0.107. The number of guanidine groups is 1. The van der Waals surface area contributed by atoms with Crippen molar-refractivity contribution in [2.75, 3.05) is 6.54 Å². The van der Waals surface area contributed by atoms with Crippen molar-refractivity contribution in [3.63, 3.8) is 0 Å². The zero-order valence-electron chi connectivity index (χ0n) is 10.7. The van der Waals surface area contributed by atoms with Crippen LogP contribution in [0.5, 0.6) is 0 Å². The van der Waals surface area contributed by atoms with Gasteiger partial charge in [-0.1, -0.05) is 58.3 Å². The average Bonchev–Trinajstić information content (AvgIpc) is 2.25. The Balaban J connectivity index is 2.96. The molecule has 5 N–H and O–H groups in total. The molecule has 4 nitrogen and oxygen atoms in total. The summed E-state index contributed by atoms with van der Waals surface area (Å²) in [5, 5.41) is 3.71. The fourth-order valence-electron chi connectivity index (χ4n) is 1.66. The third-order valence-electron chi connectivity index (χ3n) is 2.60. The second-order valence-electron chi connectivity index (χ2n) is 4.27. The first-order valence-electron chi connectivity index (χ1n) is 6.59. The van der Waals surface area contributed by atoms with Crippen LogP contribution in [-0.4, -0.2) is 12.5 Å². The normalized spacial score (nSPS) is 10.1. The Hall–Kier alpha value is -0.930. The van der Waals surface area contributed by atoms with Crippen molar-refractivity contribution in [3.8, 4) is 0 Å². The number of hydrazone groups is 1. The van der Waals surface area contributed by atoms with E-state index in [1.54, 1.807) is 0 Å². The van der Waals surface area contributed by atoms with Gasteiger partial charge in [0, 0.05) is 6.54 Å². The summed E-state index contributed by atoms with van der Waals surface area (Å²) in [6.07, 6.45) is 12.0. The zero-order chi connectivity index (χ0) is 12.1. The second kappa shape index (κ2) is 12.1. The highest BCUT2D eigenvalue weighted by atomic mass is 15.3. The number of nitrogens with zero attached hydrogens (tertiary/aromatic N) is 1. The fourth-order valence-corrected chi connectivity index (χ4v) is 1.66. The smallest absolute Gasteiger partial charge is 0.208 e. The first-order chi connectivity index (χ1) is 7.77. The monoisotopic (exact) mass is 228 g/mol. The van der Waals surface area contributed by atoms with Gasteiger partial charge >= 0.3 is 0 Å². The Bertz CT molecular complexity index is 164. The number of hydrogen-bond acceptors (Lipinski definition) is 2. The standard InChI is InChI=1S/C12H28N4/c1-2-3-4-5-6-7-8-9-10-11-15-16-12(13)14/h15H,2-11H2,1H3,(H4,13,14,16). The molecular weight excluding hydrogens is 200 g/mol. The summed E-state index contributed by atoms with van der Waals surface area (Å²) >= 11 is 0. The summed E-state index contributed by atoms with van der Waals surface area (Å²) in [7, 11) is 0. The van der Waals surface area contributed by atoms with Crippen LogP contribution in [0.25, 0.3) is 0 Å². The van der Waals surface area contributed by atoms with Crippen LogP contribution in [0.15, 0.2) is 5.10 Å². The van der Waals surface area contributed by atoms with Gasteiger partial charge in [0.1, 0.15) is 0 Å². The van der Waals surface area contributed by atoms with Crippen molar-refractivity contribution in [2.45, 2.75) is 64.7 Å². The molecule has 0 unspecified atom stereocenters. The lowest BCUT2D eigenvalue weighted by molar-refractivity contribution is 0.553. The topological polar surface area (TPSA) is 76.4 Å². The van der Waals surface area contributed by atoms with Crippen molar-refractivity contribution in [3.05, 3.63) is 0 Å². The Morgan fingerprint density at radius 3 is 1.88 bits per heavy atom. The van der Waals surface area contributed by atoms with Crippen LogP contribution >= 0.6 is 0 Å². The van der Waals surface area contributed by atoms with E-state index in [4.69, 9.17) is 11.5 Å². The molecule has 0 aliphatic heterocycles. The predicted octanol–water partition coefficient (Wildman–Crippen LogP) is 2.30. The molecule has 16 heavy (non-hydrogen) atoms. The maximum atomic E-state index is 5.18. The molecule has 0 bridgehead atoms. The van der Waals surface area contributed by atoms with Gasteiger partial charge < -0.3 is 16.9 Å². The number of rotatable bonds is 11. The molecule has 0 amide bonds. The Morgan fingerprint density at radius 1 is 0.875 bits per heavy atom. The van der Waals surface area contributed by atoms with E-state index in [-0.39, 0.29) is 5.96 Å². The van der Waals surface area contributed by atoms with E-state index in [0.717, 1.165) is 13.0 Å². The van der Waals surface area contributed by atoms with Crippen LogP contribution < -0.4 is 16.9 Å².